The van der Waals surface area contributed by atoms with E-state index in [-0.39, 0.29) is 16.7 Å². The Bertz CT molecular complexity index is 940. The molecule has 3 N–H and O–H groups in total. The summed E-state index contributed by atoms with van der Waals surface area (Å²) in [5.41, 5.74) is 6.75. The van der Waals surface area contributed by atoms with Crippen LogP contribution >= 0.6 is 11.6 Å². The fourth-order valence-corrected chi connectivity index (χ4v) is 2.76. The van der Waals surface area contributed by atoms with Gasteiger partial charge in [0.25, 0.3) is 5.91 Å². The Morgan fingerprint density at radius 2 is 2.08 bits per heavy atom. The molecule has 1 unspecified atom stereocenters. The van der Waals surface area contributed by atoms with Crippen LogP contribution in [0.25, 0.3) is 0 Å². The monoisotopic (exact) mass is 369 g/mol. The molecule has 0 radical (unpaired) electrons. The first-order valence-corrected chi connectivity index (χ1v) is 8.60. The lowest BCUT2D eigenvalue weighted by atomic mass is 10.1. The van der Waals surface area contributed by atoms with Gasteiger partial charge in [-0.25, -0.2) is 4.98 Å². The second-order valence-corrected chi connectivity index (χ2v) is 6.58. The predicted molar refractivity (Wildman–Crippen MR) is 95.7 cm³/mol. The Kier molecular flexibility index (Phi) is 4.30. The first-order valence-electron chi connectivity index (χ1n) is 8.22. The van der Waals surface area contributed by atoms with Gasteiger partial charge >= 0.3 is 0 Å². The van der Waals surface area contributed by atoms with E-state index in [1.807, 2.05) is 30.3 Å². The van der Waals surface area contributed by atoms with Crippen molar-refractivity contribution in [3.05, 3.63) is 70.5 Å². The Morgan fingerprint density at radius 3 is 2.77 bits per heavy atom. The van der Waals surface area contributed by atoms with E-state index in [0.29, 0.717) is 23.2 Å². The van der Waals surface area contributed by atoms with Gasteiger partial charge in [0, 0.05) is 12.1 Å². The highest BCUT2D eigenvalue weighted by Gasteiger charge is 2.31. The molecule has 2 aromatic heterocycles. The number of nitrogens with two attached hydrogens (primary N) is 1. The van der Waals surface area contributed by atoms with Crippen molar-refractivity contribution in [3.8, 4) is 0 Å². The summed E-state index contributed by atoms with van der Waals surface area (Å²) in [7, 11) is 0. The number of benzene rings is 1. The van der Waals surface area contributed by atoms with E-state index in [1.165, 1.54) is 12.3 Å². The summed E-state index contributed by atoms with van der Waals surface area (Å²) in [6, 6.07) is 10.4. The van der Waals surface area contributed by atoms with E-state index < -0.39 is 6.04 Å². The molecule has 2 heterocycles. The van der Waals surface area contributed by atoms with Crippen LogP contribution in [0.5, 0.6) is 0 Å². The smallest absolute Gasteiger partial charge is 0.253 e. The van der Waals surface area contributed by atoms with Crippen molar-refractivity contribution < 1.29 is 9.32 Å². The summed E-state index contributed by atoms with van der Waals surface area (Å²) in [6.45, 7) is 0. The van der Waals surface area contributed by atoms with Crippen LogP contribution in [0.15, 0.2) is 47.1 Å². The second kappa shape index (κ2) is 6.76. The number of anilines is 1. The highest BCUT2D eigenvalue weighted by molar-refractivity contribution is 6.33. The predicted octanol–water partition coefficient (Wildman–Crippen LogP) is 3.10. The van der Waals surface area contributed by atoms with Crippen molar-refractivity contribution in [3.63, 3.8) is 0 Å². The normalized spacial score (nSPS) is 14.8. The molecule has 0 aliphatic heterocycles. The molecule has 26 heavy (non-hydrogen) atoms. The molecule has 7 nitrogen and oxygen atoms in total. The van der Waals surface area contributed by atoms with Gasteiger partial charge in [-0.3, -0.25) is 4.79 Å². The van der Waals surface area contributed by atoms with Crippen molar-refractivity contribution in [2.45, 2.75) is 24.8 Å². The number of aromatic nitrogens is 3. The highest BCUT2D eigenvalue weighted by atomic mass is 35.5. The van der Waals surface area contributed by atoms with E-state index in [2.05, 4.69) is 20.4 Å². The minimum Gasteiger partial charge on any atom is -0.382 e. The zero-order valence-electron chi connectivity index (χ0n) is 13.7. The molecule has 1 atom stereocenters. The minimum atomic E-state index is -0.545. The van der Waals surface area contributed by atoms with Gasteiger partial charge < -0.3 is 15.6 Å². The van der Waals surface area contributed by atoms with Crippen LogP contribution in [-0.2, 0) is 0 Å². The number of halogens is 1. The van der Waals surface area contributed by atoms with Gasteiger partial charge in [0.05, 0.1) is 10.6 Å². The van der Waals surface area contributed by atoms with E-state index in [4.69, 9.17) is 21.9 Å². The number of hydrogen-bond donors (Lipinski definition) is 2. The minimum absolute atomic E-state index is 0.176. The molecule has 4 rings (SSSR count). The number of amides is 1. The summed E-state index contributed by atoms with van der Waals surface area (Å²) >= 11 is 5.97. The third-order valence-corrected chi connectivity index (χ3v) is 4.49. The number of hydrogen-bond acceptors (Lipinski definition) is 6. The zero-order chi connectivity index (χ0) is 18.1. The van der Waals surface area contributed by atoms with Gasteiger partial charge in [0.15, 0.2) is 5.82 Å². The van der Waals surface area contributed by atoms with Crippen LogP contribution in [0, 0.1) is 0 Å². The summed E-state index contributed by atoms with van der Waals surface area (Å²) in [5.74, 6) is 1.19. The zero-order valence-corrected chi connectivity index (χ0v) is 14.5. The van der Waals surface area contributed by atoms with Gasteiger partial charge in [0.2, 0.25) is 5.89 Å². The van der Waals surface area contributed by atoms with Crippen molar-refractivity contribution >= 4 is 23.3 Å². The van der Waals surface area contributed by atoms with Gasteiger partial charge in [0.1, 0.15) is 11.9 Å². The molecule has 1 amide bonds. The largest absolute Gasteiger partial charge is 0.382 e. The van der Waals surface area contributed by atoms with E-state index in [1.54, 1.807) is 0 Å². The van der Waals surface area contributed by atoms with Crippen molar-refractivity contribution in [1.29, 1.82) is 0 Å². The molecule has 1 saturated carbocycles. The van der Waals surface area contributed by atoms with Crippen molar-refractivity contribution in [2.75, 3.05) is 5.73 Å². The maximum atomic E-state index is 12.7. The standard InChI is InChI=1S/C18H16ClN5O2/c19-13-8-12(9-21-15(13)20)17(25)22-14(10-4-2-1-3-5-10)16-23-18(26-24-16)11-6-7-11/h1-5,8-9,11,14H,6-7H2,(H2,20,21)(H,22,25). The fraction of sp³-hybridized carbons (Fsp3) is 0.222. The number of rotatable bonds is 5. The Labute approximate surface area is 154 Å². The molecule has 1 aromatic carbocycles. The van der Waals surface area contributed by atoms with Gasteiger partial charge in [-0.05, 0) is 24.5 Å². The maximum absolute atomic E-state index is 12.7. The summed E-state index contributed by atoms with van der Waals surface area (Å²) in [6.07, 6.45) is 3.49. The van der Waals surface area contributed by atoms with Crippen LogP contribution in [0.2, 0.25) is 5.02 Å². The van der Waals surface area contributed by atoms with Crippen LogP contribution in [-0.4, -0.2) is 21.0 Å². The lowest BCUT2D eigenvalue weighted by Gasteiger charge is -2.16. The van der Waals surface area contributed by atoms with Gasteiger partial charge in [-0.1, -0.05) is 47.1 Å². The van der Waals surface area contributed by atoms with Crippen molar-refractivity contribution in [1.82, 2.24) is 20.4 Å². The molecule has 3 aromatic rings. The second-order valence-electron chi connectivity index (χ2n) is 6.17. The average molecular weight is 370 g/mol. The van der Waals surface area contributed by atoms with Crippen molar-refractivity contribution in [2.24, 2.45) is 0 Å². The van der Waals surface area contributed by atoms with Crippen LogP contribution < -0.4 is 11.1 Å². The summed E-state index contributed by atoms with van der Waals surface area (Å²) in [5, 5.41) is 7.22. The first kappa shape index (κ1) is 16.5. The van der Waals surface area contributed by atoms with E-state index in [0.717, 1.165) is 18.4 Å². The average Bonchev–Trinajstić information content (AvgIpc) is 3.40. The number of pyridine rings is 1. The van der Waals surface area contributed by atoms with E-state index in [9.17, 15) is 4.79 Å². The van der Waals surface area contributed by atoms with Gasteiger partial charge in [-0.2, -0.15) is 4.98 Å². The fourth-order valence-electron chi connectivity index (χ4n) is 2.59. The van der Waals surface area contributed by atoms with E-state index >= 15 is 0 Å². The van der Waals surface area contributed by atoms with Crippen LogP contribution in [0.4, 0.5) is 5.82 Å². The molecule has 0 spiro atoms. The third kappa shape index (κ3) is 3.39. The molecular weight excluding hydrogens is 354 g/mol. The molecule has 0 bridgehead atoms. The molecule has 8 heteroatoms. The number of nitrogens with one attached hydrogen (secondary N) is 1. The lowest BCUT2D eigenvalue weighted by molar-refractivity contribution is 0.0941. The molecule has 1 aliphatic carbocycles. The van der Waals surface area contributed by atoms with Crippen LogP contribution in [0.1, 0.15) is 52.4 Å². The Hall–Kier alpha value is -2.93. The maximum Gasteiger partial charge on any atom is 0.253 e. The summed E-state index contributed by atoms with van der Waals surface area (Å²) in [4.78, 5) is 21.1. The highest BCUT2D eigenvalue weighted by Crippen LogP contribution is 2.39. The topological polar surface area (TPSA) is 107 Å². The summed E-state index contributed by atoms with van der Waals surface area (Å²) < 4.78 is 5.35. The molecule has 0 saturated heterocycles. The van der Waals surface area contributed by atoms with Gasteiger partial charge in [-0.15, -0.1) is 0 Å². The Balaban J connectivity index is 1.63. The molecule has 1 fully saturated rings. The SMILES string of the molecule is Nc1ncc(C(=O)NC(c2ccccc2)c2noc(C3CC3)n2)cc1Cl. The number of carbonyl (C=O) groups excluding carboxylic acids is 1. The number of carbonyl (C=O) groups is 1. The lowest BCUT2D eigenvalue weighted by Crippen LogP contribution is -2.30. The molecule has 132 valence electrons. The quantitative estimate of drug-likeness (QED) is 0.715. The van der Waals surface area contributed by atoms with Crippen LogP contribution in [0.3, 0.4) is 0 Å². The molecular formula is C18H16ClN5O2. The third-order valence-electron chi connectivity index (χ3n) is 4.18. The molecule has 1 aliphatic rings. The Morgan fingerprint density at radius 1 is 1.31 bits per heavy atom. The number of nitrogens with zero attached hydrogens (tertiary/aromatic N) is 3. The number of nitrogen functional groups attached to an aromatic ring is 1. The first-order chi connectivity index (χ1) is 12.6.